The van der Waals surface area contributed by atoms with Crippen LogP contribution in [0.5, 0.6) is 0 Å². The fraction of sp³-hybridized carbons (Fsp3) is 0.195. The number of aromatic nitrogens is 2. The van der Waals surface area contributed by atoms with Crippen molar-refractivity contribution in [2.24, 2.45) is 0 Å². The number of rotatable bonds is 14. The molecular weight excluding hydrogens is 559 g/mol. The van der Waals surface area contributed by atoms with Crippen LogP contribution in [0.25, 0.3) is 0 Å². The molecule has 0 fully saturated rings. The van der Waals surface area contributed by atoms with Crippen molar-refractivity contribution in [2.45, 2.75) is 51.0 Å². The van der Waals surface area contributed by atoms with E-state index in [0.717, 1.165) is 25.6 Å². The normalized spacial score (nSPS) is 11.5. The third kappa shape index (κ3) is 7.13. The van der Waals surface area contributed by atoms with Crippen LogP contribution in [0, 0.1) is 0 Å². The molecule has 5 aromatic carbocycles. The Morgan fingerprint density at radius 3 is 1.76 bits per heavy atom. The van der Waals surface area contributed by atoms with Gasteiger partial charge in [0.25, 0.3) is 0 Å². The van der Waals surface area contributed by atoms with Gasteiger partial charge in [0.15, 0.2) is 8.07 Å². The first-order chi connectivity index (χ1) is 22.3. The third-order valence-corrected chi connectivity index (χ3v) is 14.0. The lowest BCUT2D eigenvalue weighted by Gasteiger charge is -2.35. The highest BCUT2D eigenvalue weighted by atomic mass is 28.3. The highest BCUT2D eigenvalue weighted by Crippen LogP contribution is 2.23. The second-order valence-electron chi connectivity index (χ2n) is 12.2. The summed E-state index contributed by atoms with van der Waals surface area (Å²) in [6.07, 6.45) is 11.4. The smallest absolute Gasteiger partial charge is 0.217 e. The second kappa shape index (κ2) is 15.1. The van der Waals surface area contributed by atoms with Crippen molar-refractivity contribution in [3.05, 3.63) is 175 Å². The Hall–Kier alpha value is -4.41. The summed E-state index contributed by atoms with van der Waals surface area (Å²) in [5, 5.41) is 4.33. The number of benzene rings is 5. The molecule has 0 aliphatic carbocycles. The maximum absolute atomic E-state index is 5.03. The molecule has 6 aromatic rings. The molecule has 1 aromatic heterocycles. The highest BCUT2D eigenvalue weighted by molar-refractivity contribution is 7.10. The van der Waals surface area contributed by atoms with Crippen LogP contribution in [0.15, 0.2) is 158 Å². The van der Waals surface area contributed by atoms with Gasteiger partial charge in [-0.2, -0.15) is 0 Å². The van der Waals surface area contributed by atoms with Crippen molar-refractivity contribution >= 4 is 36.6 Å². The van der Waals surface area contributed by atoms with Crippen molar-refractivity contribution in [1.82, 2.24) is 9.55 Å². The van der Waals surface area contributed by atoms with Crippen LogP contribution in [0.2, 0.25) is 0 Å². The molecule has 0 radical (unpaired) electrons. The summed E-state index contributed by atoms with van der Waals surface area (Å²) >= 11 is 0. The number of hydrogen-bond acceptors (Lipinski definition) is 1. The summed E-state index contributed by atoms with van der Waals surface area (Å²) < 4.78 is 2.47. The van der Waals surface area contributed by atoms with Crippen LogP contribution < -0.4 is 21.3 Å². The van der Waals surface area contributed by atoms with Gasteiger partial charge in [-0.05, 0) is 50.9 Å². The molecule has 2 nitrogen and oxygen atoms in total. The van der Waals surface area contributed by atoms with E-state index in [0.29, 0.717) is 0 Å². The first kappa shape index (κ1) is 30.6. The van der Waals surface area contributed by atoms with Crippen LogP contribution in [0.3, 0.4) is 0 Å². The SMILES string of the molecule is CCCCCCc1cccc([Si](Cn2ccnc2BC(c2ccccc2)c2ccccc2)(c2ccccc2)c2ccccc2)c1. The summed E-state index contributed by atoms with van der Waals surface area (Å²) in [5.41, 5.74) is 5.23. The zero-order valence-corrected chi connectivity index (χ0v) is 27.4. The molecule has 0 unspecified atom stereocenters. The molecule has 0 spiro atoms. The van der Waals surface area contributed by atoms with Crippen LogP contribution >= 0.6 is 0 Å². The van der Waals surface area contributed by atoms with Gasteiger partial charge in [0.2, 0.25) is 7.28 Å². The molecule has 0 atom stereocenters. The molecule has 45 heavy (non-hydrogen) atoms. The molecule has 1 heterocycles. The van der Waals surface area contributed by atoms with Crippen molar-refractivity contribution in [2.75, 3.05) is 0 Å². The average molecular weight is 603 g/mol. The Labute approximate surface area is 271 Å². The first-order valence-electron chi connectivity index (χ1n) is 16.6. The third-order valence-electron chi connectivity index (χ3n) is 9.27. The topological polar surface area (TPSA) is 17.8 Å². The van der Waals surface area contributed by atoms with Crippen LogP contribution in [-0.4, -0.2) is 24.9 Å². The fourth-order valence-electron chi connectivity index (χ4n) is 6.88. The average Bonchev–Trinajstić information content (AvgIpc) is 3.56. The molecule has 224 valence electrons. The number of aryl methyl sites for hydroxylation is 1. The summed E-state index contributed by atoms with van der Waals surface area (Å²) in [7, 11) is -1.69. The Morgan fingerprint density at radius 1 is 0.622 bits per heavy atom. The van der Waals surface area contributed by atoms with Gasteiger partial charge in [-0.15, -0.1) is 0 Å². The zero-order valence-electron chi connectivity index (χ0n) is 26.4. The van der Waals surface area contributed by atoms with Crippen molar-refractivity contribution in [3.63, 3.8) is 0 Å². The lowest BCUT2D eigenvalue weighted by atomic mass is 9.58. The van der Waals surface area contributed by atoms with E-state index in [2.05, 4.69) is 163 Å². The van der Waals surface area contributed by atoms with Crippen LogP contribution in [-0.2, 0) is 12.6 Å². The Balaban J connectivity index is 1.45. The van der Waals surface area contributed by atoms with Crippen molar-refractivity contribution in [1.29, 1.82) is 0 Å². The Morgan fingerprint density at radius 2 is 1.18 bits per heavy atom. The molecule has 0 amide bonds. The van der Waals surface area contributed by atoms with E-state index in [1.807, 2.05) is 6.20 Å². The fourth-order valence-corrected chi connectivity index (χ4v) is 11.6. The number of imidazole rings is 1. The van der Waals surface area contributed by atoms with Gasteiger partial charge < -0.3 is 4.57 Å². The van der Waals surface area contributed by atoms with E-state index >= 15 is 0 Å². The minimum atomic E-state index is -2.53. The van der Waals surface area contributed by atoms with Gasteiger partial charge in [0, 0.05) is 18.6 Å². The second-order valence-corrected chi connectivity index (χ2v) is 16.1. The van der Waals surface area contributed by atoms with Gasteiger partial charge in [-0.3, -0.25) is 4.98 Å². The lowest BCUT2D eigenvalue weighted by molar-refractivity contribution is 0.667. The van der Waals surface area contributed by atoms with Crippen LogP contribution in [0.1, 0.15) is 55.1 Å². The zero-order chi connectivity index (χ0) is 30.7. The molecular formula is C41H43BN2Si. The van der Waals surface area contributed by atoms with Gasteiger partial charge in [0.1, 0.15) is 0 Å². The predicted octanol–water partition coefficient (Wildman–Crippen LogP) is 6.57. The van der Waals surface area contributed by atoms with Gasteiger partial charge in [0.05, 0.1) is 5.72 Å². The quantitative estimate of drug-likeness (QED) is 0.0784. The first-order valence-corrected chi connectivity index (χ1v) is 18.8. The molecule has 0 bridgehead atoms. The van der Waals surface area contributed by atoms with E-state index in [1.165, 1.54) is 57.9 Å². The lowest BCUT2D eigenvalue weighted by Crippen LogP contribution is -2.70. The van der Waals surface area contributed by atoms with E-state index in [-0.39, 0.29) is 5.82 Å². The van der Waals surface area contributed by atoms with Crippen molar-refractivity contribution < 1.29 is 0 Å². The maximum Gasteiger partial charge on any atom is 0.217 e. The summed E-state index contributed by atoms with van der Waals surface area (Å²) in [4.78, 5) is 5.03. The summed E-state index contributed by atoms with van der Waals surface area (Å²) in [5.74, 6) is 0.226. The Bertz CT molecular complexity index is 1660. The largest absolute Gasteiger partial charge is 0.345 e. The molecule has 0 aliphatic rings. The summed E-state index contributed by atoms with van der Waals surface area (Å²) in [6, 6.07) is 54.0. The summed E-state index contributed by atoms with van der Waals surface area (Å²) in [6.45, 7) is 2.28. The van der Waals surface area contributed by atoms with E-state index < -0.39 is 8.07 Å². The molecule has 0 saturated heterocycles. The minimum Gasteiger partial charge on any atom is -0.345 e. The van der Waals surface area contributed by atoms with E-state index in [4.69, 9.17) is 4.98 Å². The van der Waals surface area contributed by atoms with E-state index in [9.17, 15) is 0 Å². The number of nitrogens with zero attached hydrogens (tertiary/aromatic N) is 2. The van der Waals surface area contributed by atoms with Crippen molar-refractivity contribution in [3.8, 4) is 0 Å². The molecule has 0 saturated carbocycles. The molecule has 0 N–H and O–H groups in total. The molecule has 6 rings (SSSR count). The van der Waals surface area contributed by atoms with Gasteiger partial charge in [-0.1, -0.05) is 172 Å². The monoisotopic (exact) mass is 602 g/mol. The molecule has 4 heteroatoms. The van der Waals surface area contributed by atoms with Gasteiger partial charge in [-0.25, -0.2) is 0 Å². The predicted molar refractivity (Wildman–Crippen MR) is 196 cm³/mol. The molecule has 0 aliphatic heterocycles. The highest BCUT2D eigenvalue weighted by Gasteiger charge is 2.40. The standard InChI is InChI=1S/C41H43BN2Si/c1-2-3-4-9-19-34-20-18-29-39(32-34)45(37-25-14-7-15-26-37,38-27-16-8-17-28-38)33-44-31-30-43-41(44)42-40(35-21-10-5-11-22-35)36-23-12-6-13-24-36/h5-8,10-18,20-32,40,42H,2-4,9,19,33H2,1H3. The van der Waals surface area contributed by atoms with Crippen LogP contribution in [0.4, 0.5) is 0 Å². The maximum atomic E-state index is 5.03. The minimum absolute atomic E-state index is 0.226. The number of unbranched alkanes of at least 4 members (excludes halogenated alkanes) is 3. The van der Waals surface area contributed by atoms with Gasteiger partial charge >= 0.3 is 0 Å². The Kier molecular flexibility index (Phi) is 10.2. The van der Waals surface area contributed by atoms with E-state index in [1.54, 1.807) is 0 Å². The number of hydrogen-bond donors (Lipinski definition) is 0.